The van der Waals surface area contributed by atoms with Gasteiger partial charge < -0.3 is 0 Å². The highest BCUT2D eigenvalue weighted by Crippen LogP contribution is 2.40. The van der Waals surface area contributed by atoms with Crippen LogP contribution in [0.3, 0.4) is 0 Å². The summed E-state index contributed by atoms with van der Waals surface area (Å²) in [6.07, 6.45) is 4.63. The second kappa shape index (κ2) is 8.27. The van der Waals surface area contributed by atoms with Crippen molar-refractivity contribution in [2.45, 2.75) is 47.0 Å². The minimum atomic E-state index is 0.623. The van der Waals surface area contributed by atoms with E-state index in [1.807, 2.05) is 12.3 Å². The Kier molecular flexibility index (Phi) is 5.06. The number of aryl methyl sites for hydroxylation is 3. The molecular formula is C28H27N7. The van der Waals surface area contributed by atoms with Gasteiger partial charge in [-0.3, -0.25) is 4.57 Å². The monoisotopic (exact) mass is 461 g/mol. The molecule has 7 nitrogen and oxygen atoms in total. The van der Waals surface area contributed by atoms with Crippen LogP contribution in [0.15, 0.2) is 48.7 Å². The van der Waals surface area contributed by atoms with E-state index >= 15 is 0 Å². The Balaban J connectivity index is 1.63. The first-order valence-electron chi connectivity index (χ1n) is 12.1. The molecule has 6 rings (SSSR count). The number of benzene rings is 2. The molecule has 35 heavy (non-hydrogen) atoms. The molecule has 7 heteroatoms. The molecule has 0 atom stereocenters. The smallest absolute Gasteiger partial charge is 0.201 e. The van der Waals surface area contributed by atoms with Crippen molar-refractivity contribution in [3.8, 4) is 5.69 Å². The highest BCUT2D eigenvalue weighted by molar-refractivity contribution is 5.99. The molecule has 3 heterocycles. The summed E-state index contributed by atoms with van der Waals surface area (Å²) in [6, 6.07) is 15.2. The van der Waals surface area contributed by atoms with Gasteiger partial charge in [-0.25, -0.2) is 9.97 Å². The molecule has 0 saturated heterocycles. The summed E-state index contributed by atoms with van der Waals surface area (Å²) in [6.45, 7) is 8.56. The van der Waals surface area contributed by atoms with E-state index in [0.717, 1.165) is 53.1 Å². The van der Waals surface area contributed by atoms with Crippen LogP contribution in [0.4, 0.5) is 0 Å². The van der Waals surface area contributed by atoms with Gasteiger partial charge in [0.25, 0.3) is 0 Å². The van der Waals surface area contributed by atoms with Crippen LogP contribution in [0, 0.1) is 13.8 Å². The molecule has 0 bridgehead atoms. The van der Waals surface area contributed by atoms with E-state index in [-0.39, 0.29) is 0 Å². The first-order valence-corrected chi connectivity index (χ1v) is 12.1. The van der Waals surface area contributed by atoms with Gasteiger partial charge in [-0.2, -0.15) is 5.21 Å². The van der Waals surface area contributed by atoms with Gasteiger partial charge in [-0.1, -0.05) is 37.3 Å². The molecule has 0 amide bonds. The molecule has 0 radical (unpaired) electrons. The van der Waals surface area contributed by atoms with E-state index in [0.29, 0.717) is 5.82 Å². The lowest BCUT2D eigenvalue weighted by Crippen LogP contribution is -2.07. The summed E-state index contributed by atoms with van der Waals surface area (Å²) >= 11 is 0. The van der Waals surface area contributed by atoms with E-state index in [2.05, 4.69) is 89.3 Å². The van der Waals surface area contributed by atoms with Crippen molar-refractivity contribution in [2.75, 3.05) is 0 Å². The lowest BCUT2D eigenvalue weighted by atomic mass is 9.88. The Morgan fingerprint density at radius 2 is 1.89 bits per heavy atom. The molecule has 0 fully saturated rings. The number of aromatic nitrogens is 7. The highest BCUT2D eigenvalue weighted by atomic mass is 15.5. The number of tetrazole rings is 1. The maximum absolute atomic E-state index is 4.95. The SMILES string of the molecule is CCc1nc2c(C)ccnc2n1-c1ccc2c(c1C)CCc1ccccc1/C2=C(/C)c1nn[nH]n1. The van der Waals surface area contributed by atoms with E-state index in [1.54, 1.807) is 0 Å². The Morgan fingerprint density at radius 3 is 2.69 bits per heavy atom. The maximum atomic E-state index is 4.95. The molecule has 1 aliphatic rings. The van der Waals surface area contributed by atoms with Crippen molar-refractivity contribution in [1.82, 2.24) is 35.2 Å². The minimum absolute atomic E-state index is 0.623. The number of H-pyrrole nitrogens is 1. The zero-order valence-electron chi connectivity index (χ0n) is 20.4. The van der Waals surface area contributed by atoms with E-state index in [4.69, 9.17) is 9.97 Å². The molecule has 1 N–H and O–H groups in total. The van der Waals surface area contributed by atoms with Crippen molar-refractivity contribution < 1.29 is 0 Å². The van der Waals surface area contributed by atoms with Crippen LogP contribution in [0.25, 0.3) is 28.0 Å². The maximum Gasteiger partial charge on any atom is 0.201 e. The van der Waals surface area contributed by atoms with E-state index in [9.17, 15) is 0 Å². The molecule has 3 aromatic heterocycles. The number of nitrogens with one attached hydrogen (secondary N) is 1. The van der Waals surface area contributed by atoms with Crippen LogP contribution >= 0.6 is 0 Å². The number of rotatable bonds is 3. The third kappa shape index (κ3) is 3.30. The average Bonchev–Trinajstić information content (AvgIpc) is 3.50. The van der Waals surface area contributed by atoms with Gasteiger partial charge in [-0.05, 0) is 89.9 Å². The number of nitrogens with zero attached hydrogens (tertiary/aromatic N) is 6. The Morgan fingerprint density at radius 1 is 1.03 bits per heavy atom. The largest absolute Gasteiger partial charge is 0.280 e. The van der Waals surface area contributed by atoms with Gasteiger partial charge in [0.1, 0.15) is 11.3 Å². The third-order valence-corrected chi connectivity index (χ3v) is 7.20. The van der Waals surface area contributed by atoms with E-state index in [1.165, 1.54) is 33.4 Å². The van der Waals surface area contributed by atoms with Crippen LogP contribution < -0.4 is 0 Å². The highest BCUT2D eigenvalue weighted by Gasteiger charge is 2.25. The lowest BCUT2D eigenvalue weighted by Gasteiger charge is -2.19. The number of fused-ring (bicyclic) bond motifs is 3. The second-order valence-corrected chi connectivity index (χ2v) is 9.15. The predicted octanol–water partition coefficient (Wildman–Crippen LogP) is 5.19. The first-order chi connectivity index (χ1) is 17.1. The van der Waals surface area contributed by atoms with Crippen LogP contribution in [0.1, 0.15) is 58.9 Å². The molecule has 5 aromatic rings. The van der Waals surface area contributed by atoms with Crippen molar-refractivity contribution in [2.24, 2.45) is 0 Å². The van der Waals surface area contributed by atoms with Crippen LogP contribution in [0.2, 0.25) is 0 Å². The molecule has 0 unspecified atom stereocenters. The van der Waals surface area contributed by atoms with Crippen LogP contribution in [0.5, 0.6) is 0 Å². The van der Waals surface area contributed by atoms with Crippen molar-refractivity contribution in [3.63, 3.8) is 0 Å². The number of hydrogen-bond donors (Lipinski definition) is 1. The predicted molar refractivity (Wildman–Crippen MR) is 137 cm³/mol. The fourth-order valence-corrected chi connectivity index (χ4v) is 5.40. The number of allylic oxidation sites excluding steroid dienone is 1. The zero-order valence-corrected chi connectivity index (χ0v) is 20.4. The fraction of sp³-hybridized carbons (Fsp3) is 0.250. The normalized spacial score (nSPS) is 14.5. The minimum Gasteiger partial charge on any atom is -0.280 e. The number of pyridine rings is 1. The average molecular weight is 462 g/mol. The van der Waals surface area contributed by atoms with Crippen molar-refractivity contribution in [3.05, 3.63) is 93.7 Å². The topological polar surface area (TPSA) is 85.2 Å². The molecule has 1 aliphatic carbocycles. The van der Waals surface area contributed by atoms with Crippen molar-refractivity contribution >= 4 is 22.3 Å². The Labute approximate surface area is 204 Å². The lowest BCUT2D eigenvalue weighted by molar-refractivity contribution is 0.881. The van der Waals surface area contributed by atoms with Gasteiger partial charge in [0.2, 0.25) is 5.82 Å². The van der Waals surface area contributed by atoms with Crippen molar-refractivity contribution in [1.29, 1.82) is 0 Å². The molecular weight excluding hydrogens is 434 g/mol. The fourth-order valence-electron chi connectivity index (χ4n) is 5.40. The first kappa shape index (κ1) is 21.4. The van der Waals surface area contributed by atoms with Crippen LogP contribution in [-0.4, -0.2) is 35.2 Å². The van der Waals surface area contributed by atoms with Gasteiger partial charge >= 0.3 is 0 Å². The van der Waals surface area contributed by atoms with Gasteiger partial charge in [0.05, 0.1) is 5.69 Å². The summed E-state index contributed by atoms with van der Waals surface area (Å²) in [7, 11) is 0. The molecule has 0 saturated carbocycles. The third-order valence-electron chi connectivity index (χ3n) is 7.20. The summed E-state index contributed by atoms with van der Waals surface area (Å²) in [5, 5.41) is 15.0. The second-order valence-electron chi connectivity index (χ2n) is 9.15. The molecule has 0 spiro atoms. The Bertz CT molecular complexity index is 1610. The summed E-state index contributed by atoms with van der Waals surface area (Å²) in [4.78, 5) is 9.68. The molecule has 174 valence electrons. The number of aromatic amines is 1. The zero-order chi connectivity index (χ0) is 24.1. The van der Waals surface area contributed by atoms with Gasteiger partial charge in [0, 0.05) is 18.2 Å². The molecule has 0 aliphatic heterocycles. The van der Waals surface area contributed by atoms with Crippen LogP contribution in [-0.2, 0) is 19.3 Å². The molecule has 2 aromatic carbocycles. The number of hydrogen-bond acceptors (Lipinski definition) is 5. The van der Waals surface area contributed by atoms with Gasteiger partial charge in [0.15, 0.2) is 5.65 Å². The summed E-state index contributed by atoms with van der Waals surface area (Å²) in [5.74, 6) is 1.65. The summed E-state index contributed by atoms with van der Waals surface area (Å²) in [5.41, 5.74) is 12.8. The number of imidazole rings is 1. The standard InChI is InChI=1S/C28H27N7/c1-5-24-30-26-16(2)14-15-29-28(26)35(24)23-13-12-22-20(17(23)3)11-10-19-8-6-7-9-21(19)25(22)18(4)27-31-33-34-32-27/h6-9,12-15H,5,10-11H2,1-4H3,(H,31,32,33,34)/b25-18+. The summed E-state index contributed by atoms with van der Waals surface area (Å²) < 4.78 is 2.24. The Hall–Kier alpha value is -4.13. The van der Waals surface area contributed by atoms with Gasteiger partial charge in [-0.15, -0.1) is 10.2 Å². The van der Waals surface area contributed by atoms with E-state index < -0.39 is 0 Å². The quantitative estimate of drug-likeness (QED) is 0.400.